The van der Waals surface area contributed by atoms with Crippen LogP contribution in [-0.2, 0) is 11.2 Å². The molecular formula is C12H13ClN2O2. The molecule has 0 aliphatic carbocycles. The first kappa shape index (κ1) is 12.1. The number of halogens is 1. The van der Waals surface area contributed by atoms with Crippen LogP contribution >= 0.6 is 11.6 Å². The number of methoxy groups -OCH3 is 1. The van der Waals surface area contributed by atoms with Gasteiger partial charge in [-0.1, -0.05) is 30.3 Å². The Labute approximate surface area is 105 Å². The van der Waals surface area contributed by atoms with Crippen molar-refractivity contribution in [2.24, 2.45) is 0 Å². The highest BCUT2D eigenvalue weighted by Gasteiger charge is 2.19. The number of alkyl halides is 1. The fourth-order valence-corrected chi connectivity index (χ4v) is 1.72. The summed E-state index contributed by atoms with van der Waals surface area (Å²) in [7, 11) is 1.61. The van der Waals surface area contributed by atoms with Crippen molar-refractivity contribution in [1.82, 2.24) is 10.2 Å². The number of hydrogen-bond donors (Lipinski definition) is 0. The first-order chi connectivity index (χ1) is 8.35. The van der Waals surface area contributed by atoms with Crippen LogP contribution in [-0.4, -0.2) is 23.2 Å². The third-order valence-electron chi connectivity index (χ3n) is 2.35. The number of aromatic nitrogens is 2. The van der Waals surface area contributed by atoms with Gasteiger partial charge in [-0.25, -0.2) is 0 Å². The van der Waals surface area contributed by atoms with Gasteiger partial charge in [-0.15, -0.1) is 21.8 Å². The van der Waals surface area contributed by atoms with Gasteiger partial charge in [-0.05, 0) is 5.56 Å². The molecule has 1 atom stereocenters. The third-order valence-corrected chi connectivity index (χ3v) is 2.54. The first-order valence-corrected chi connectivity index (χ1v) is 5.84. The first-order valence-electron chi connectivity index (χ1n) is 5.31. The molecule has 1 aromatic carbocycles. The Balaban J connectivity index is 2.23. The van der Waals surface area contributed by atoms with Crippen LogP contribution in [0.5, 0.6) is 0 Å². The van der Waals surface area contributed by atoms with Crippen molar-refractivity contribution in [3.8, 4) is 0 Å². The molecule has 4 nitrogen and oxygen atoms in total. The lowest BCUT2D eigenvalue weighted by Gasteiger charge is -2.10. The van der Waals surface area contributed by atoms with E-state index in [0.717, 1.165) is 5.56 Å². The highest BCUT2D eigenvalue weighted by atomic mass is 35.5. The van der Waals surface area contributed by atoms with Gasteiger partial charge in [0.2, 0.25) is 11.8 Å². The van der Waals surface area contributed by atoms with Gasteiger partial charge in [0.15, 0.2) is 6.10 Å². The summed E-state index contributed by atoms with van der Waals surface area (Å²) in [5, 5.41) is 7.90. The highest BCUT2D eigenvalue weighted by molar-refractivity contribution is 6.17. The molecule has 2 rings (SSSR count). The molecule has 1 aromatic heterocycles. The van der Waals surface area contributed by atoms with E-state index in [4.69, 9.17) is 20.8 Å². The zero-order valence-corrected chi connectivity index (χ0v) is 10.2. The zero-order chi connectivity index (χ0) is 12.1. The van der Waals surface area contributed by atoms with Crippen LogP contribution in [0.4, 0.5) is 0 Å². The van der Waals surface area contributed by atoms with Gasteiger partial charge in [0.25, 0.3) is 0 Å². The molecule has 17 heavy (non-hydrogen) atoms. The molecule has 0 fully saturated rings. The average molecular weight is 253 g/mol. The molecule has 0 saturated heterocycles. The van der Waals surface area contributed by atoms with Crippen LogP contribution in [0.25, 0.3) is 0 Å². The summed E-state index contributed by atoms with van der Waals surface area (Å²) in [6.07, 6.45) is 0.243. The Bertz CT molecular complexity index is 459. The van der Waals surface area contributed by atoms with Crippen molar-refractivity contribution in [2.45, 2.75) is 12.5 Å². The molecule has 0 amide bonds. The van der Waals surface area contributed by atoms with E-state index in [-0.39, 0.29) is 6.10 Å². The maximum atomic E-state index is 5.62. The molecule has 0 N–H and O–H groups in total. The second-order valence-corrected chi connectivity index (χ2v) is 3.88. The van der Waals surface area contributed by atoms with Gasteiger partial charge in [-0.3, -0.25) is 0 Å². The number of ether oxygens (including phenoxy) is 1. The Kier molecular flexibility index (Phi) is 4.12. The summed E-state index contributed by atoms with van der Waals surface area (Å²) >= 11 is 5.62. The zero-order valence-electron chi connectivity index (χ0n) is 9.47. The van der Waals surface area contributed by atoms with Crippen molar-refractivity contribution >= 4 is 11.6 Å². The number of benzene rings is 1. The summed E-state index contributed by atoms with van der Waals surface area (Å²) in [6, 6.07) is 9.75. The predicted octanol–water partition coefficient (Wildman–Crippen LogP) is 2.59. The fourth-order valence-electron chi connectivity index (χ4n) is 1.56. The Morgan fingerprint density at radius 3 is 2.71 bits per heavy atom. The van der Waals surface area contributed by atoms with Gasteiger partial charge in [0, 0.05) is 19.4 Å². The summed E-state index contributed by atoms with van der Waals surface area (Å²) in [5.41, 5.74) is 0.982. The summed E-state index contributed by atoms with van der Waals surface area (Å²) in [6.45, 7) is 0. The van der Waals surface area contributed by atoms with Crippen LogP contribution in [0.3, 0.4) is 0 Å². The van der Waals surface area contributed by atoms with Crippen LogP contribution in [0.1, 0.15) is 23.4 Å². The fraction of sp³-hybridized carbons (Fsp3) is 0.333. The van der Waals surface area contributed by atoms with Crippen LogP contribution in [0.15, 0.2) is 34.7 Å². The lowest BCUT2D eigenvalue weighted by Crippen LogP contribution is -2.03. The van der Waals surface area contributed by atoms with Gasteiger partial charge < -0.3 is 9.15 Å². The molecule has 0 aliphatic rings. The van der Waals surface area contributed by atoms with Crippen LogP contribution in [0, 0.1) is 0 Å². The third kappa shape index (κ3) is 2.84. The summed E-state index contributed by atoms with van der Waals surface area (Å²) < 4.78 is 10.9. The molecule has 5 heteroatoms. The van der Waals surface area contributed by atoms with E-state index in [1.165, 1.54) is 0 Å². The van der Waals surface area contributed by atoms with E-state index in [9.17, 15) is 0 Å². The molecule has 1 heterocycles. The lowest BCUT2D eigenvalue weighted by molar-refractivity contribution is 0.110. The van der Waals surface area contributed by atoms with E-state index in [1.807, 2.05) is 30.3 Å². The number of nitrogens with zero attached hydrogens (tertiary/aromatic N) is 2. The summed E-state index contributed by atoms with van der Waals surface area (Å²) in [5.74, 6) is 1.46. The number of aryl methyl sites for hydroxylation is 1. The average Bonchev–Trinajstić information content (AvgIpc) is 2.81. The Morgan fingerprint density at radius 2 is 2.06 bits per heavy atom. The topological polar surface area (TPSA) is 48.2 Å². The largest absolute Gasteiger partial charge is 0.422 e. The molecule has 2 aromatic rings. The lowest BCUT2D eigenvalue weighted by atomic mass is 10.1. The van der Waals surface area contributed by atoms with Crippen molar-refractivity contribution in [2.75, 3.05) is 13.0 Å². The number of rotatable bonds is 5. The van der Waals surface area contributed by atoms with Gasteiger partial charge in [0.1, 0.15) is 0 Å². The van der Waals surface area contributed by atoms with Crippen molar-refractivity contribution in [3.63, 3.8) is 0 Å². The van der Waals surface area contributed by atoms with Crippen LogP contribution < -0.4 is 0 Å². The van der Waals surface area contributed by atoms with E-state index >= 15 is 0 Å². The van der Waals surface area contributed by atoms with E-state index in [1.54, 1.807) is 7.11 Å². The standard InChI is InChI=1S/C12H13ClN2O2/c1-16-11(9-5-3-2-4-6-9)12-15-14-10(17-12)7-8-13/h2-6,11H,7-8H2,1H3. The maximum Gasteiger partial charge on any atom is 0.249 e. The minimum absolute atomic E-state index is 0.326. The minimum Gasteiger partial charge on any atom is -0.422 e. The van der Waals surface area contributed by atoms with Gasteiger partial charge in [-0.2, -0.15) is 0 Å². The van der Waals surface area contributed by atoms with Gasteiger partial charge >= 0.3 is 0 Å². The molecule has 0 spiro atoms. The molecule has 0 bridgehead atoms. The quantitative estimate of drug-likeness (QED) is 0.768. The second kappa shape index (κ2) is 5.80. The minimum atomic E-state index is -0.326. The van der Waals surface area contributed by atoms with E-state index < -0.39 is 0 Å². The molecule has 0 saturated carbocycles. The molecular weight excluding hydrogens is 240 g/mol. The Morgan fingerprint density at radius 1 is 1.29 bits per heavy atom. The number of hydrogen-bond acceptors (Lipinski definition) is 4. The SMILES string of the molecule is COC(c1ccccc1)c1nnc(CCCl)o1. The van der Waals surface area contributed by atoms with E-state index in [2.05, 4.69) is 10.2 Å². The van der Waals surface area contributed by atoms with Crippen molar-refractivity contribution in [3.05, 3.63) is 47.7 Å². The second-order valence-electron chi connectivity index (χ2n) is 3.50. The maximum absolute atomic E-state index is 5.62. The molecule has 0 radical (unpaired) electrons. The van der Waals surface area contributed by atoms with Crippen LogP contribution in [0.2, 0.25) is 0 Å². The molecule has 0 aliphatic heterocycles. The molecule has 1 unspecified atom stereocenters. The smallest absolute Gasteiger partial charge is 0.249 e. The van der Waals surface area contributed by atoms with Crippen molar-refractivity contribution in [1.29, 1.82) is 0 Å². The monoisotopic (exact) mass is 252 g/mol. The summed E-state index contributed by atoms with van der Waals surface area (Å²) in [4.78, 5) is 0. The molecule has 90 valence electrons. The normalized spacial score (nSPS) is 12.6. The van der Waals surface area contributed by atoms with Crippen molar-refractivity contribution < 1.29 is 9.15 Å². The van der Waals surface area contributed by atoms with E-state index in [0.29, 0.717) is 24.1 Å². The Hall–Kier alpha value is -1.39. The highest BCUT2D eigenvalue weighted by Crippen LogP contribution is 2.23. The predicted molar refractivity (Wildman–Crippen MR) is 64.0 cm³/mol. The van der Waals surface area contributed by atoms with Gasteiger partial charge in [0.05, 0.1) is 0 Å².